The van der Waals surface area contributed by atoms with Gasteiger partial charge in [0, 0.05) is 0 Å². The fourth-order valence-electron chi connectivity index (χ4n) is 1.24. The van der Waals surface area contributed by atoms with Gasteiger partial charge >= 0.3 is 0 Å². The third-order valence-corrected chi connectivity index (χ3v) is 2.45. The van der Waals surface area contributed by atoms with Gasteiger partial charge in [0.15, 0.2) is 0 Å². The van der Waals surface area contributed by atoms with Gasteiger partial charge in [-0.15, -0.1) is 0 Å². The molecule has 0 saturated carbocycles. The van der Waals surface area contributed by atoms with Crippen LogP contribution in [0.1, 0.15) is 18.1 Å². The molecule has 0 aromatic heterocycles. The topological polar surface area (TPSA) is 9.23 Å². The Bertz CT molecular complexity index is 281. The van der Waals surface area contributed by atoms with Crippen LogP contribution < -0.4 is 4.52 Å². The van der Waals surface area contributed by atoms with Gasteiger partial charge in [-0.25, -0.2) is 0 Å². The predicted molar refractivity (Wildman–Crippen MR) is 60.0 cm³/mol. The van der Waals surface area contributed by atoms with Crippen LogP contribution >= 0.6 is 8.15 Å². The fraction of sp³-hybridized carbons (Fsp3) is 0.455. The van der Waals surface area contributed by atoms with E-state index >= 15 is 0 Å². The second kappa shape index (κ2) is 4.62. The van der Waals surface area contributed by atoms with E-state index in [9.17, 15) is 0 Å². The molecule has 13 heavy (non-hydrogen) atoms. The molecular weight excluding hydrogens is 179 g/mol. The molecular formula is C11H17OP. The predicted octanol–water partition coefficient (Wildman–Crippen LogP) is 3.59. The highest BCUT2D eigenvalue weighted by Gasteiger charge is 2.03. The molecule has 0 amide bonds. The lowest BCUT2D eigenvalue weighted by Crippen LogP contribution is -1.91. The summed E-state index contributed by atoms with van der Waals surface area (Å²) in [5.41, 5.74) is 2.57. The normalized spacial score (nSPS) is 10.5. The number of rotatable bonds is 3. The maximum absolute atomic E-state index is 5.78. The molecule has 0 atom stereocenters. The number of hydrogen-bond donors (Lipinski definition) is 0. The second-order valence-electron chi connectivity index (χ2n) is 3.37. The van der Waals surface area contributed by atoms with E-state index in [0.717, 1.165) is 12.2 Å². The zero-order valence-corrected chi connectivity index (χ0v) is 9.69. The minimum Gasteiger partial charge on any atom is -0.474 e. The molecule has 0 fully saturated rings. The summed E-state index contributed by atoms with van der Waals surface area (Å²) in [5.74, 6) is 1.07. The molecule has 0 spiro atoms. The SMILES string of the molecule is CCc1ccc(C)cc1OP(C)C. The van der Waals surface area contributed by atoms with Crippen LogP contribution in [0.25, 0.3) is 0 Å². The van der Waals surface area contributed by atoms with E-state index < -0.39 is 0 Å². The van der Waals surface area contributed by atoms with Crippen molar-refractivity contribution >= 4 is 8.15 Å². The van der Waals surface area contributed by atoms with Gasteiger partial charge < -0.3 is 4.52 Å². The molecule has 0 heterocycles. The highest BCUT2D eigenvalue weighted by molar-refractivity contribution is 7.51. The summed E-state index contributed by atoms with van der Waals surface area (Å²) in [6, 6.07) is 6.42. The van der Waals surface area contributed by atoms with E-state index in [1.54, 1.807) is 0 Å². The van der Waals surface area contributed by atoms with Crippen molar-refractivity contribution in [2.45, 2.75) is 20.3 Å². The Morgan fingerprint density at radius 3 is 2.54 bits per heavy atom. The average Bonchev–Trinajstić information content (AvgIpc) is 2.03. The summed E-state index contributed by atoms with van der Waals surface area (Å²) in [6.07, 6.45) is 1.04. The average molecular weight is 196 g/mol. The third kappa shape index (κ3) is 3.00. The first kappa shape index (κ1) is 10.5. The van der Waals surface area contributed by atoms with Crippen LogP contribution in [-0.4, -0.2) is 13.3 Å². The van der Waals surface area contributed by atoms with Crippen molar-refractivity contribution in [3.8, 4) is 5.75 Å². The van der Waals surface area contributed by atoms with Gasteiger partial charge in [0.2, 0.25) is 0 Å². The fourth-order valence-corrected chi connectivity index (χ4v) is 1.80. The van der Waals surface area contributed by atoms with E-state index in [2.05, 4.69) is 45.4 Å². The molecule has 72 valence electrons. The molecule has 0 radical (unpaired) electrons. The molecule has 1 rings (SSSR count). The van der Waals surface area contributed by atoms with Crippen LogP contribution in [0.15, 0.2) is 18.2 Å². The number of benzene rings is 1. The first-order chi connectivity index (χ1) is 6.13. The Hall–Kier alpha value is -0.550. The van der Waals surface area contributed by atoms with E-state index in [-0.39, 0.29) is 8.15 Å². The Labute approximate surface area is 82.0 Å². The molecule has 1 aromatic carbocycles. The first-order valence-electron chi connectivity index (χ1n) is 4.58. The standard InChI is InChI=1S/C11H17OP/c1-5-10-7-6-9(2)8-11(10)12-13(3)4/h6-8H,5H2,1-4H3. The summed E-state index contributed by atoms with van der Waals surface area (Å²) in [6.45, 7) is 8.50. The lowest BCUT2D eigenvalue weighted by Gasteiger charge is -2.13. The first-order valence-corrected chi connectivity index (χ1v) is 6.73. The summed E-state index contributed by atoms with van der Waals surface area (Å²) in [7, 11) is -0.311. The Morgan fingerprint density at radius 2 is 2.00 bits per heavy atom. The zero-order chi connectivity index (χ0) is 9.84. The van der Waals surface area contributed by atoms with Gasteiger partial charge in [-0.05, 0) is 43.9 Å². The van der Waals surface area contributed by atoms with Crippen molar-refractivity contribution in [1.82, 2.24) is 0 Å². The van der Waals surface area contributed by atoms with Crippen LogP contribution in [0, 0.1) is 6.92 Å². The summed E-state index contributed by atoms with van der Waals surface area (Å²) < 4.78 is 5.78. The highest BCUT2D eigenvalue weighted by Crippen LogP contribution is 2.33. The van der Waals surface area contributed by atoms with Crippen molar-refractivity contribution in [3.63, 3.8) is 0 Å². The Morgan fingerprint density at radius 1 is 1.31 bits per heavy atom. The van der Waals surface area contributed by atoms with Crippen LogP contribution in [0.4, 0.5) is 0 Å². The number of hydrogen-bond acceptors (Lipinski definition) is 1. The Kier molecular flexibility index (Phi) is 3.74. The van der Waals surface area contributed by atoms with Crippen LogP contribution in [0.5, 0.6) is 5.75 Å². The summed E-state index contributed by atoms with van der Waals surface area (Å²) in [4.78, 5) is 0. The minimum absolute atomic E-state index is 0.311. The van der Waals surface area contributed by atoms with Crippen LogP contribution in [0.2, 0.25) is 0 Å². The maximum atomic E-state index is 5.78. The lowest BCUT2D eigenvalue weighted by atomic mass is 10.1. The molecule has 0 aliphatic carbocycles. The highest BCUT2D eigenvalue weighted by atomic mass is 31.1. The summed E-state index contributed by atoms with van der Waals surface area (Å²) in [5, 5.41) is 0. The van der Waals surface area contributed by atoms with Crippen LogP contribution in [0.3, 0.4) is 0 Å². The molecule has 1 nitrogen and oxygen atoms in total. The van der Waals surface area contributed by atoms with Crippen molar-refractivity contribution in [3.05, 3.63) is 29.3 Å². The lowest BCUT2D eigenvalue weighted by molar-refractivity contribution is 0.612. The minimum atomic E-state index is -0.311. The van der Waals surface area contributed by atoms with Crippen molar-refractivity contribution in [2.75, 3.05) is 13.3 Å². The van der Waals surface area contributed by atoms with E-state index in [1.807, 2.05) is 0 Å². The molecule has 2 heteroatoms. The smallest absolute Gasteiger partial charge is 0.126 e. The molecule has 0 unspecified atom stereocenters. The molecule has 1 aromatic rings. The maximum Gasteiger partial charge on any atom is 0.126 e. The molecule has 0 saturated heterocycles. The van der Waals surface area contributed by atoms with Gasteiger partial charge in [-0.3, -0.25) is 0 Å². The van der Waals surface area contributed by atoms with Gasteiger partial charge in [0.25, 0.3) is 0 Å². The number of aryl methyl sites for hydroxylation is 2. The largest absolute Gasteiger partial charge is 0.474 e. The van der Waals surface area contributed by atoms with Gasteiger partial charge in [0.1, 0.15) is 5.75 Å². The quantitative estimate of drug-likeness (QED) is 0.671. The van der Waals surface area contributed by atoms with Crippen molar-refractivity contribution in [2.24, 2.45) is 0 Å². The Balaban J connectivity index is 2.94. The third-order valence-electron chi connectivity index (χ3n) is 1.88. The van der Waals surface area contributed by atoms with Crippen molar-refractivity contribution < 1.29 is 4.52 Å². The van der Waals surface area contributed by atoms with Gasteiger partial charge in [0.05, 0.1) is 8.15 Å². The molecule has 0 aliphatic heterocycles. The van der Waals surface area contributed by atoms with E-state index in [1.165, 1.54) is 11.1 Å². The van der Waals surface area contributed by atoms with Gasteiger partial charge in [-0.1, -0.05) is 19.1 Å². The van der Waals surface area contributed by atoms with E-state index in [4.69, 9.17) is 4.52 Å². The van der Waals surface area contributed by atoms with Crippen LogP contribution in [-0.2, 0) is 6.42 Å². The molecule has 0 aliphatic rings. The van der Waals surface area contributed by atoms with Gasteiger partial charge in [-0.2, -0.15) is 0 Å². The van der Waals surface area contributed by atoms with E-state index in [0.29, 0.717) is 0 Å². The monoisotopic (exact) mass is 196 g/mol. The molecule has 0 N–H and O–H groups in total. The molecule has 0 bridgehead atoms. The van der Waals surface area contributed by atoms with Crippen molar-refractivity contribution in [1.29, 1.82) is 0 Å². The summed E-state index contributed by atoms with van der Waals surface area (Å²) >= 11 is 0. The second-order valence-corrected chi connectivity index (χ2v) is 5.18. The zero-order valence-electron chi connectivity index (χ0n) is 8.79.